The van der Waals surface area contributed by atoms with Gasteiger partial charge in [-0.25, -0.2) is 0 Å². The number of carbonyl (C=O) groups is 1. The molecule has 12 heavy (non-hydrogen) atoms. The highest BCUT2D eigenvalue weighted by molar-refractivity contribution is 5.59. The van der Waals surface area contributed by atoms with E-state index in [9.17, 15) is 9.90 Å². The van der Waals surface area contributed by atoms with E-state index in [4.69, 9.17) is 0 Å². The first-order chi connectivity index (χ1) is 5.79. The summed E-state index contributed by atoms with van der Waals surface area (Å²) in [6.45, 7) is 0. The Morgan fingerprint density at radius 3 is 2.50 bits per heavy atom. The van der Waals surface area contributed by atoms with Gasteiger partial charge in [0.2, 0.25) is 0 Å². The van der Waals surface area contributed by atoms with Crippen LogP contribution in [0.2, 0.25) is 0 Å². The van der Waals surface area contributed by atoms with Crippen molar-refractivity contribution in [2.45, 2.75) is 0 Å². The molecule has 0 bridgehead atoms. The van der Waals surface area contributed by atoms with E-state index in [1.807, 2.05) is 30.3 Å². The van der Waals surface area contributed by atoms with Gasteiger partial charge in [0.15, 0.2) is 0 Å². The van der Waals surface area contributed by atoms with Gasteiger partial charge in [-0.15, -0.1) is 0 Å². The van der Waals surface area contributed by atoms with E-state index in [2.05, 4.69) is 4.74 Å². The zero-order valence-corrected chi connectivity index (χ0v) is 6.27. The zero-order valence-electron chi connectivity index (χ0n) is 6.27. The first-order valence-electron chi connectivity index (χ1n) is 3.38. The highest BCUT2D eigenvalue weighted by Crippen LogP contribution is 2.00. The van der Waals surface area contributed by atoms with Crippen LogP contribution < -0.4 is 0 Å². The van der Waals surface area contributed by atoms with Gasteiger partial charge in [-0.2, -0.15) is 9.90 Å². The molecule has 0 spiro atoms. The standard InChI is InChI=1S/C9H7O3/c10-9(11)12-7-6-8-4-2-1-3-5-8/h1-7H/b7-6+. The predicted octanol–water partition coefficient (Wildman–Crippen LogP) is 2.22. The van der Waals surface area contributed by atoms with Gasteiger partial charge < -0.3 is 4.74 Å². The van der Waals surface area contributed by atoms with Gasteiger partial charge >= 0.3 is 6.16 Å². The van der Waals surface area contributed by atoms with Crippen molar-refractivity contribution in [3.05, 3.63) is 42.2 Å². The monoisotopic (exact) mass is 163 g/mol. The molecule has 3 heteroatoms. The maximum atomic E-state index is 9.80. The molecule has 0 aromatic heterocycles. The number of hydrogen-bond acceptors (Lipinski definition) is 2. The largest absolute Gasteiger partial charge is 0.555 e. The molecule has 61 valence electrons. The van der Waals surface area contributed by atoms with Crippen molar-refractivity contribution in [3.8, 4) is 0 Å². The molecule has 0 amide bonds. The molecule has 1 aromatic rings. The minimum Gasteiger partial charge on any atom is -0.400 e. The van der Waals surface area contributed by atoms with Crippen LogP contribution >= 0.6 is 0 Å². The SMILES string of the molecule is [O]C(=O)O/C=C/c1ccccc1. The molecular weight excluding hydrogens is 156 g/mol. The summed E-state index contributed by atoms with van der Waals surface area (Å²) in [6, 6.07) is 9.22. The van der Waals surface area contributed by atoms with Crippen molar-refractivity contribution < 1.29 is 14.6 Å². The highest BCUT2D eigenvalue weighted by Gasteiger charge is 1.92. The van der Waals surface area contributed by atoms with E-state index < -0.39 is 6.16 Å². The van der Waals surface area contributed by atoms with Crippen LogP contribution in [0.15, 0.2) is 36.6 Å². The summed E-state index contributed by atoms with van der Waals surface area (Å²) in [6.07, 6.45) is 1.06. The molecule has 0 aliphatic rings. The molecule has 0 aliphatic heterocycles. The van der Waals surface area contributed by atoms with E-state index in [1.165, 1.54) is 6.08 Å². The van der Waals surface area contributed by atoms with Crippen LogP contribution in [0.25, 0.3) is 6.08 Å². The Bertz CT molecular complexity index is 277. The second-order valence-corrected chi connectivity index (χ2v) is 2.08. The average Bonchev–Trinajstić information content (AvgIpc) is 2.05. The van der Waals surface area contributed by atoms with Crippen molar-refractivity contribution in [3.63, 3.8) is 0 Å². The van der Waals surface area contributed by atoms with Crippen molar-refractivity contribution >= 4 is 12.2 Å². The summed E-state index contributed by atoms with van der Waals surface area (Å²) < 4.78 is 4.07. The fourth-order valence-electron chi connectivity index (χ4n) is 0.732. The lowest BCUT2D eigenvalue weighted by atomic mass is 10.2. The van der Waals surface area contributed by atoms with E-state index in [-0.39, 0.29) is 0 Å². The predicted molar refractivity (Wildman–Crippen MR) is 42.6 cm³/mol. The van der Waals surface area contributed by atoms with E-state index in [0.717, 1.165) is 11.8 Å². The fourth-order valence-corrected chi connectivity index (χ4v) is 0.732. The minimum absolute atomic E-state index is 0.874. The number of ether oxygens (including phenoxy) is 1. The Morgan fingerprint density at radius 1 is 1.25 bits per heavy atom. The van der Waals surface area contributed by atoms with Crippen LogP contribution in [0.3, 0.4) is 0 Å². The fraction of sp³-hybridized carbons (Fsp3) is 0. The summed E-state index contributed by atoms with van der Waals surface area (Å²) in [4.78, 5) is 9.80. The Balaban J connectivity index is 2.52. The third-order valence-electron chi connectivity index (χ3n) is 1.22. The Labute approximate surface area is 69.9 Å². The highest BCUT2D eigenvalue weighted by atomic mass is 16.7. The lowest BCUT2D eigenvalue weighted by Crippen LogP contribution is -1.88. The van der Waals surface area contributed by atoms with Crippen LogP contribution in [0.5, 0.6) is 0 Å². The summed E-state index contributed by atoms with van der Waals surface area (Å²) in [5, 5.41) is 9.80. The summed E-state index contributed by atoms with van der Waals surface area (Å²) >= 11 is 0. The van der Waals surface area contributed by atoms with Gasteiger partial charge in [0.05, 0.1) is 6.26 Å². The molecule has 0 saturated heterocycles. The molecule has 0 fully saturated rings. The van der Waals surface area contributed by atoms with Crippen LogP contribution in [-0.2, 0) is 9.84 Å². The normalized spacial score (nSPS) is 10.0. The molecule has 0 atom stereocenters. The Hall–Kier alpha value is -1.77. The molecule has 3 nitrogen and oxygen atoms in total. The smallest absolute Gasteiger partial charge is 0.400 e. The van der Waals surface area contributed by atoms with Gasteiger partial charge in [-0.05, 0) is 11.6 Å². The summed E-state index contributed by atoms with van der Waals surface area (Å²) in [5.74, 6) is 0. The molecule has 0 N–H and O–H groups in total. The number of benzene rings is 1. The molecule has 1 radical (unpaired) electrons. The van der Waals surface area contributed by atoms with E-state index in [1.54, 1.807) is 0 Å². The average molecular weight is 163 g/mol. The van der Waals surface area contributed by atoms with Gasteiger partial charge in [-0.3, -0.25) is 0 Å². The zero-order chi connectivity index (χ0) is 8.81. The van der Waals surface area contributed by atoms with Crippen molar-refractivity contribution in [1.29, 1.82) is 0 Å². The van der Waals surface area contributed by atoms with Crippen LogP contribution in [-0.4, -0.2) is 6.16 Å². The van der Waals surface area contributed by atoms with Crippen LogP contribution in [0, 0.1) is 0 Å². The second-order valence-electron chi connectivity index (χ2n) is 2.08. The third kappa shape index (κ3) is 2.88. The Morgan fingerprint density at radius 2 is 1.92 bits per heavy atom. The molecule has 1 aromatic carbocycles. The maximum absolute atomic E-state index is 9.80. The molecule has 0 aliphatic carbocycles. The number of rotatable bonds is 2. The van der Waals surface area contributed by atoms with Crippen LogP contribution in [0.1, 0.15) is 5.56 Å². The van der Waals surface area contributed by atoms with Gasteiger partial charge in [0, 0.05) is 0 Å². The van der Waals surface area contributed by atoms with Crippen molar-refractivity contribution in [2.75, 3.05) is 0 Å². The lowest BCUT2D eigenvalue weighted by Gasteiger charge is -1.89. The summed E-state index contributed by atoms with van der Waals surface area (Å²) in [7, 11) is 0. The third-order valence-corrected chi connectivity index (χ3v) is 1.22. The minimum atomic E-state index is -1.55. The topological polar surface area (TPSA) is 46.2 Å². The molecule has 0 saturated carbocycles. The summed E-state index contributed by atoms with van der Waals surface area (Å²) in [5.41, 5.74) is 0.874. The molecular formula is C9H7O3. The van der Waals surface area contributed by atoms with Gasteiger partial charge in [-0.1, -0.05) is 30.3 Å². The van der Waals surface area contributed by atoms with E-state index in [0.29, 0.717) is 0 Å². The number of carbonyl (C=O) groups excluding carboxylic acids is 1. The second kappa shape index (κ2) is 4.18. The quantitative estimate of drug-likeness (QED) is 0.495. The molecule has 1 rings (SSSR count). The van der Waals surface area contributed by atoms with Gasteiger partial charge in [0.1, 0.15) is 0 Å². The van der Waals surface area contributed by atoms with Gasteiger partial charge in [0.25, 0.3) is 0 Å². The first-order valence-corrected chi connectivity index (χ1v) is 3.38. The first kappa shape index (κ1) is 8.33. The van der Waals surface area contributed by atoms with E-state index >= 15 is 0 Å². The molecule has 0 heterocycles. The van der Waals surface area contributed by atoms with Crippen molar-refractivity contribution in [2.24, 2.45) is 0 Å². The number of hydrogen-bond donors (Lipinski definition) is 0. The van der Waals surface area contributed by atoms with Crippen LogP contribution in [0.4, 0.5) is 4.79 Å². The lowest BCUT2D eigenvalue weighted by molar-refractivity contribution is 0.102. The Kier molecular flexibility index (Phi) is 2.90. The molecule has 0 unspecified atom stereocenters. The van der Waals surface area contributed by atoms with Crippen molar-refractivity contribution in [1.82, 2.24) is 0 Å². The maximum Gasteiger partial charge on any atom is 0.555 e.